The molecular formula is C15H18N2O3S. The van der Waals surface area contributed by atoms with E-state index in [0.29, 0.717) is 13.0 Å². The number of carbonyl (C=O) groups excluding carboxylic acids is 1. The number of amides is 1. The quantitative estimate of drug-likeness (QED) is 0.848. The molecular weight excluding hydrogens is 288 g/mol. The molecule has 1 atom stereocenters. The summed E-state index contributed by atoms with van der Waals surface area (Å²) in [5, 5.41) is 1.15. The van der Waals surface area contributed by atoms with Crippen molar-refractivity contribution in [3.8, 4) is 0 Å². The first-order valence-electron chi connectivity index (χ1n) is 7.05. The predicted molar refractivity (Wildman–Crippen MR) is 81.8 cm³/mol. The van der Waals surface area contributed by atoms with E-state index in [2.05, 4.69) is 4.98 Å². The average Bonchev–Trinajstić information content (AvgIpc) is 3.04. The Morgan fingerprint density at radius 3 is 2.86 bits per heavy atom. The molecule has 0 bridgehead atoms. The van der Waals surface area contributed by atoms with Crippen LogP contribution in [0.4, 0.5) is 0 Å². The topological polar surface area (TPSA) is 70.2 Å². The van der Waals surface area contributed by atoms with Gasteiger partial charge >= 0.3 is 0 Å². The molecule has 0 aliphatic carbocycles. The van der Waals surface area contributed by atoms with Crippen molar-refractivity contribution in [2.45, 2.75) is 18.9 Å². The molecule has 1 unspecified atom stereocenters. The molecule has 1 N–H and O–H groups in total. The molecule has 0 radical (unpaired) electrons. The van der Waals surface area contributed by atoms with Gasteiger partial charge in [0, 0.05) is 29.7 Å². The van der Waals surface area contributed by atoms with E-state index in [4.69, 9.17) is 0 Å². The molecule has 1 aromatic heterocycles. The van der Waals surface area contributed by atoms with Gasteiger partial charge in [-0.3, -0.25) is 4.79 Å². The number of H-pyrrole nitrogens is 1. The molecule has 21 heavy (non-hydrogen) atoms. The molecule has 5 nitrogen and oxygen atoms in total. The van der Waals surface area contributed by atoms with Crippen molar-refractivity contribution in [1.29, 1.82) is 0 Å². The van der Waals surface area contributed by atoms with Crippen LogP contribution in [0.25, 0.3) is 10.9 Å². The zero-order valence-corrected chi connectivity index (χ0v) is 12.5. The van der Waals surface area contributed by atoms with Crippen molar-refractivity contribution in [3.63, 3.8) is 0 Å². The number of aromatic amines is 1. The van der Waals surface area contributed by atoms with Crippen LogP contribution in [0.1, 0.15) is 12.0 Å². The number of fused-ring (bicyclic) bond motifs is 1. The zero-order chi connectivity index (χ0) is 14.9. The summed E-state index contributed by atoms with van der Waals surface area (Å²) in [5.74, 6) is 0.286. The molecule has 0 saturated carbocycles. The lowest BCUT2D eigenvalue weighted by Crippen LogP contribution is -2.36. The van der Waals surface area contributed by atoms with Gasteiger partial charge in [0.25, 0.3) is 0 Å². The Bertz CT molecular complexity index is 751. The van der Waals surface area contributed by atoms with Gasteiger partial charge in [-0.05, 0) is 24.5 Å². The Hall–Kier alpha value is -1.82. The van der Waals surface area contributed by atoms with E-state index < -0.39 is 9.84 Å². The first-order chi connectivity index (χ1) is 10.1. The fraction of sp³-hybridized carbons (Fsp3) is 0.400. The van der Waals surface area contributed by atoms with Gasteiger partial charge < -0.3 is 9.88 Å². The third-order valence-electron chi connectivity index (χ3n) is 4.13. The van der Waals surface area contributed by atoms with Crippen LogP contribution in [0.2, 0.25) is 0 Å². The second-order valence-electron chi connectivity index (χ2n) is 5.51. The molecule has 1 aromatic carbocycles. The Kier molecular flexibility index (Phi) is 3.71. The number of hydrogen-bond donors (Lipinski definition) is 1. The highest BCUT2D eigenvalue weighted by atomic mass is 32.2. The molecule has 1 saturated heterocycles. The molecule has 1 fully saturated rings. The number of aromatic nitrogens is 1. The summed E-state index contributed by atoms with van der Waals surface area (Å²) in [6.45, 7) is 0.547. The highest BCUT2D eigenvalue weighted by Crippen LogP contribution is 2.20. The molecule has 2 aromatic rings. The third-order valence-corrected chi connectivity index (χ3v) is 5.88. The van der Waals surface area contributed by atoms with Gasteiger partial charge in [0.1, 0.15) is 0 Å². The Labute approximate surface area is 123 Å². The number of nitrogens with zero attached hydrogens (tertiary/aromatic N) is 1. The number of para-hydroxylation sites is 1. The summed E-state index contributed by atoms with van der Waals surface area (Å²) in [4.78, 5) is 16.1. The molecule has 3 rings (SSSR count). The third kappa shape index (κ3) is 2.95. The summed E-state index contributed by atoms with van der Waals surface area (Å²) in [5.41, 5.74) is 2.23. The van der Waals surface area contributed by atoms with Crippen LogP contribution in [0, 0.1) is 0 Å². The maximum absolute atomic E-state index is 11.5. The number of nitrogens with one attached hydrogen (secondary N) is 1. The van der Waals surface area contributed by atoms with Crippen molar-refractivity contribution in [1.82, 2.24) is 9.88 Å². The van der Waals surface area contributed by atoms with Crippen molar-refractivity contribution >= 4 is 27.2 Å². The van der Waals surface area contributed by atoms with Gasteiger partial charge in [-0.2, -0.15) is 0 Å². The van der Waals surface area contributed by atoms with Gasteiger partial charge in [0.15, 0.2) is 9.84 Å². The van der Waals surface area contributed by atoms with Crippen LogP contribution >= 0.6 is 0 Å². The van der Waals surface area contributed by atoms with E-state index in [1.807, 2.05) is 30.5 Å². The number of sulfone groups is 1. The lowest BCUT2D eigenvalue weighted by Gasteiger charge is -2.23. The van der Waals surface area contributed by atoms with E-state index in [1.54, 1.807) is 4.90 Å². The van der Waals surface area contributed by atoms with E-state index >= 15 is 0 Å². The minimum absolute atomic E-state index is 0.0968. The van der Waals surface area contributed by atoms with E-state index in [-0.39, 0.29) is 17.5 Å². The van der Waals surface area contributed by atoms with Crippen molar-refractivity contribution in [2.75, 3.05) is 18.1 Å². The van der Waals surface area contributed by atoms with Crippen molar-refractivity contribution < 1.29 is 13.2 Å². The number of rotatable bonds is 5. The maximum Gasteiger partial charge on any atom is 0.209 e. The maximum atomic E-state index is 11.5. The molecule has 1 amide bonds. The highest BCUT2D eigenvalue weighted by molar-refractivity contribution is 7.91. The number of benzene rings is 1. The first-order valence-corrected chi connectivity index (χ1v) is 8.88. The Morgan fingerprint density at radius 1 is 1.33 bits per heavy atom. The minimum atomic E-state index is -2.96. The molecule has 1 aliphatic rings. The lowest BCUT2D eigenvalue weighted by atomic mass is 10.1. The van der Waals surface area contributed by atoms with Crippen molar-refractivity contribution in [2.24, 2.45) is 0 Å². The summed E-state index contributed by atoms with van der Waals surface area (Å²) in [7, 11) is -2.96. The fourth-order valence-electron chi connectivity index (χ4n) is 2.95. The van der Waals surface area contributed by atoms with Gasteiger partial charge in [0.05, 0.1) is 11.5 Å². The SMILES string of the molecule is O=CN(CCc1c[nH]c2ccccc12)C1CCS(=O)(=O)C1. The van der Waals surface area contributed by atoms with Crippen LogP contribution in [0.15, 0.2) is 30.5 Å². The Morgan fingerprint density at radius 2 is 2.14 bits per heavy atom. The smallest absolute Gasteiger partial charge is 0.209 e. The minimum Gasteiger partial charge on any atom is -0.361 e. The second kappa shape index (κ2) is 5.52. The Balaban J connectivity index is 1.70. The van der Waals surface area contributed by atoms with Gasteiger partial charge in [-0.1, -0.05) is 18.2 Å². The standard InChI is InChI=1S/C15H18N2O3S/c18-11-17(13-6-8-21(19,20)10-13)7-5-12-9-16-15-4-2-1-3-14(12)15/h1-4,9,11,13,16H,5-8,10H2. The summed E-state index contributed by atoms with van der Waals surface area (Å²) in [6.07, 6.45) is 4.01. The van der Waals surface area contributed by atoms with Gasteiger partial charge in [-0.15, -0.1) is 0 Å². The van der Waals surface area contributed by atoms with Gasteiger partial charge in [-0.25, -0.2) is 8.42 Å². The molecule has 112 valence electrons. The van der Waals surface area contributed by atoms with Crippen LogP contribution < -0.4 is 0 Å². The summed E-state index contributed by atoms with van der Waals surface area (Å²) < 4.78 is 23.0. The largest absolute Gasteiger partial charge is 0.361 e. The number of hydrogen-bond acceptors (Lipinski definition) is 3. The average molecular weight is 306 g/mol. The predicted octanol–water partition coefficient (Wildman–Crippen LogP) is 1.36. The second-order valence-corrected chi connectivity index (χ2v) is 7.74. The van der Waals surface area contributed by atoms with E-state index in [0.717, 1.165) is 29.3 Å². The molecule has 6 heteroatoms. The first kappa shape index (κ1) is 14.1. The summed E-state index contributed by atoms with van der Waals surface area (Å²) in [6, 6.07) is 7.86. The van der Waals surface area contributed by atoms with E-state index in [1.165, 1.54) is 0 Å². The highest BCUT2D eigenvalue weighted by Gasteiger charge is 2.31. The zero-order valence-electron chi connectivity index (χ0n) is 11.7. The van der Waals surface area contributed by atoms with Crippen LogP contribution in [-0.2, 0) is 21.1 Å². The number of carbonyl (C=O) groups is 1. The lowest BCUT2D eigenvalue weighted by molar-refractivity contribution is -0.119. The van der Waals surface area contributed by atoms with Crippen LogP contribution in [0.3, 0.4) is 0 Å². The van der Waals surface area contributed by atoms with Crippen LogP contribution in [0.5, 0.6) is 0 Å². The fourth-order valence-corrected chi connectivity index (χ4v) is 4.69. The normalized spacial score (nSPS) is 20.7. The monoisotopic (exact) mass is 306 g/mol. The molecule has 0 spiro atoms. The molecule has 1 aliphatic heterocycles. The van der Waals surface area contributed by atoms with Gasteiger partial charge in [0.2, 0.25) is 6.41 Å². The van der Waals surface area contributed by atoms with E-state index in [9.17, 15) is 13.2 Å². The van der Waals surface area contributed by atoms with Crippen molar-refractivity contribution in [3.05, 3.63) is 36.0 Å². The van der Waals surface area contributed by atoms with Crippen LogP contribution in [-0.4, -0.2) is 48.8 Å². The molecule has 2 heterocycles. The summed E-state index contributed by atoms with van der Waals surface area (Å²) >= 11 is 0.